The third kappa shape index (κ3) is 3.45. The van der Waals surface area contributed by atoms with Crippen LogP contribution < -0.4 is 5.32 Å². The minimum atomic E-state index is -0.550. The summed E-state index contributed by atoms with van der Waals surface area (Å²) in [5.41, 5.74) is 2.16. The highest BCUT2D eigenvalue weighted by atomic mass is 19.1. The topological polar surface area (TPSA) is 84.1 Å². The first-order chi connectivity index (χ1) is 12.4. The molecule has 0 spiro atoms. The van der Waals surface area contributed by atoms with Gasteiger partial charge in [-0.3, -0.25) is 14.2 Å². The zero-order chi connectivity index (χ0) is 18.8. The molecule has 0 unspecified atom stereocenters. The Kier molecular flexibility index (Phi) is 4.76. The van der Waals surface area contributed by atoms with Gasteiger partial charge in [0.1, 0.15) is 17.7 Å². The van der Waals surface area contributed by atoms with Crippen LogP contribution in [0.3, 0.4) is 0 Å². The van der Waals surface area contributed by atoms with Crippen LogP contribution in [-0.4, -0.2) is 23.1 Å². The number of carbonyl (C=O) groups is 2. The highest BCUT2D eigenvalue weighted by Gasteiger charge is 2.31. The van der Waals surface area contributed by atoms with Crippen LogP contribution in [0.15, 0.2) is 24.3 Å². The fourth-order valence-corrected chi connectivity index (χ4v) is 2.74. The van der Waals surface area contributed by atoms with Gasteiger partial charge in [0.2, 0.25) is 0 Å². The second-order valence-electron chi connectivity index (χ2n) is 6.29. The lowest BCUT2D eigenvalue weighted by atomic mass is 10.2. The van der Waals surface area contributed by atoms with E-state index < -0.39 is 18.3 Å². The molecule has 0 bridgehead atoms. The molecule has 0 atom stereocenters. The zero-order valence-corrected chi connectivity index (χ0v) is 14.5. The van der Waals surface area contributed by atoms with Gasteiger partial charge in [-0.15, -0.1) is 0 Å². The van der Waals surface area contributed by atoms with Crippen LogP contribution in [0.5, 0.6) is 0 Å². The minimum Gasteiger partial charge on any atom is -0.455 e. The van der Waals surface area contributed by atoms with Gasteiger partial charge in [0.15, 0.2) is 6.61 Å². The van der Waals surface area contributed by atoms with Crippen LogP contribution in [0.2, 0.25) is 0 Å². The molecule has 0 saturated heterocycles. The van der Waals surface area contributed by atoms with E-state index in [4.69, 9.17) is 4.74 Å². The second-order valence-corrected chi connectivity index (χ2v) is 6.29. The van der Waals surface area contributed by atoms with Crippen LogP contribution in [0, 0.1) is 36.9 Å². The van der Waals surface area contributed by atoms with E-state index in [0.717, 1.165) is 12.8 Å². The average Bonchev–Trinajstić information content (AvgIpc) is 3.42. The highest BCUT2D eigenvalue weighted by Crippen LogP contribution is 2.31. The van der Waals surface area contributed by atoms with Crippen molar-refractivity contribution >= 4 is 17.7 Å². The number of anilines is 1. The number of nitrogens with zero attached hydrogens (tertiary/aromatic N) is 2. The van der Waals surface area contributed by atoms with E-state index in [1.54, 1.807) is 30.5 Å². The molecule has 3 rings (SSSR count). The quantitative estimate of drug-likeness (QED) is 0.836. The first kappa shape index (κ1) is 17.7. The normalized spacial score (nSPS) is 13.2. The van der Waals surface area contributed by atoms with Crippen molar-refractivity contribution in [2.75, 3.05) is 11.9 Å². The molecule has 0 aliphatic heterocycles. The number of hydrogen-bond donors (Lipinski definition) is 1. The summed E-state index contributed by atoms with van der Waals surface area (Å²) in [5.74, 6) is -1.22. The molecule has 7 heteroatoms. The molecule has 1 N–H and O–H groups in total. The van der Waals surface area contributed by atoms with Gasteiger partial charge in [-0.1, -0.05) is 6.07 Å². The Labute approximate surface area is 150 Å². The number of rotatable bonds is 5. The van der Waals surface area contributed by atoms with Gasteiger partial charge in [0.05, 0.1) is 17.2 Å². The smallest absolute Gasteiger partial charge is 0.309 e. The number of benzene rings is 1. The predicted molar refractivity (Wildman–Crippen MR) is 92.2 cm³/mol. The molecule has 2 aromatic rings. The van der Waals surface area contributed by atoms with Crippen LogP contribution in [-0.2, 0) is 14.3 Å². The van der Waals surface area contributed by atoms with E-state index in [9.17, 15) is 19.2 Å². The average molecular weight is 355 g/mol. The van der Waals surface area contributed by atoms with Crippen molar-refractivity contribution in [3.05, 3.63) is 46.9 Å². The maximum absolute atomic E-state index is 13.6. The van der Waals surface area contributed by atoms with Crippen molar-refractivity contribution in [3.63, 3.8) is 0 Å². The fraction of sp³-hybridized carbons (Fsp3) is 0.316. The van der Waals surface area contributed by atoms with Crippen LogP contribution in [0.25, 0.3) is 5.69 Å². The summed E-state index contributed by atoms with van der Waals surface area (Å²) in [7, 11) is 0. The largest absolute Gasteiger partial charge is 0.455 e. The third-order valence-corrected chi connectivity index (χ3v) is 4.41. The molecule has 1 fully saturated rings. The molecule has 134 valence electrons. The maximum Gasteiger partial charge on any atom is 0.309 e. The van der Waals surface area contributed by atoms with E-state index in [2.05, 4.69) is 11.4 Å². The Balaban J connectivity index is 1.89. The fourth-order valence-electron chi connectivity index (χ4n) is 2.74. The van der Waals surface area contributed by atoms with Crippen molar-refractivity contribution in [1.82, 2.24) is 4.57 Å². The molecular weight excluding hydrogens is 337 g/mol. The number of aromatic nitrogens is 1. The van der Waals surface area contributed by atoms with E-state index >= 15 is 0 Å². The number of halogens is 1. The van der Waals surface area contributed by atoms with Crippen molar-refractivity contribution in [2.45, 2.75) is 26.7 Å². The van der Waals surface area contributed by atoms with Crippen LogP contribution in [0.4, 0.5) is 10.2 Å². The Hall–Kier alpha value is -3.14. The number of carbonyl (C=O) groups excluding carboxylic acids is 2. The Bertz CT molecular complexity index is 923. The summed E-state index contributed by atoms with van der Waals surface area (Å²) in [4.78, 5) is 23.8. The monoisotopic (exact) mass is 355 g/mol. The number of nitriles is 1. The first-order valence-electron chi connectivity index (χ1n) is 8.26. The summed E-state index contributed by atoms with van der Waals surface area (Å²) in [6.07, 6.45) is 1.58. The van der Waals surface area contributed by atoms with E-state index in [1.807, 2.05) is 0 Å². The molecule has 1 aromatic heterocycles. The molecule has 1 aliphatic rings. The summed E-state index contributed by atoms with van der Waals surface area (Å²) < 4.78 is 20.2. The van der Waals surface area contributed by atoms with Crippen molar-refractivity contribution < 1.29 is 18.7 Å². The standard InChI is InChI=1S/C19H18FN3O3/c1-11-12(2)23(15-5-3-4-14(20)8-15)18(16(11)9-21)22-17(24)10-26-19(25)13-6-7-13/h3-5,8,13H,6-7,10H2,1-2H3,(H,22,24). The Morgan fingerprint density at radius 3 is 2.73 bits per heavy atom. The summed E-state index contributed by atoms with van der Waals surface area (Å²) in [6, 6.07) is 7.93. The number of nitrogens with one attached hydrogen (secondary N) is 1. The van der Waals surface area contributed by atoms with Crippen LogP contribution >= 0.6 is 0 Å². The van der Waals surface area contributed by atoms with Gasteiger partial charge in [0.25, 0.3) is 5.91 Å². The Morgan fingerprint density at radius 1 is 1.38 bits per heavy atom. The SMILES string of the molecule is Cc1c(C#N)c(NC(=O)COC(=O)C2CC2)n(-c2cccc(F)c2)c1C. The lowest BCUT2D eigenvalue weighted by Gasteiger charge is -2.13. The van der Waals surface area contributed by atoms with Crippen molar-refractivity contribution in [2.24, 2.45) is 5.92 Å². The zero-order valence-electron chi connectivity index (χ0n) is 14.5. The van der Waals surface area contributed by atoms with Gasteiger partial charge < -0.3 is 10.1 Å². The second kappa shape index (κ2) is 7.00. The van der Waals surface area contributed by atoms with Crippen LogP contribution in [0.1, 0.15) is 29.7 Å². The maximum atomic E-state index is 13.6. The summed E-state index contributed by atoms with van der Waals surface area (Å²) in [5, 5.41) is 12.1. The highest BCUT2D eigenvalue weighted by molar-refractivity contribution is 5.94. The molecule has 1 aliphatic carbocycles. The molecule has 1 amide bonds. The lowest BCUT2D eigenvalue weighted by molar-refractivity contribution is -0.148. The molecule has 1 aromatic carbocycles. The number of amides is 1. The Morgan fingerprint density at radius 2 is 2.12 bits per heavy atom. The summed E-state index contributed by atoms with van der Waals surface area (Å²) >= 11 is 0. The van der Waals surface area contributed by atoms with Crippen molar-refractivity contribution in [1.29, 1.82) is 5.26 Å². The molecule has 26 heavy (non-hydrogen) atoms. The van der Waals surface area contributed by atoms with E-state index in [-0.39, 0.29) is 23.3 Å². The minimum absolute atomic E-state index is 0.0990. The lowest BCUT2D eigenvalue weighted by Crippen LogP contribution is -2.23. The summed E-state index contributed by atoms with van der Waals surface area (Å²) in [6.45, 7) is 3.11. The molecule has 1 saturated carbocycles. The van der Waals surface area contributed by atoms with Gasteiger partial charge in [-0.25, -0.2) is 4.39 Å². The predicted octanol–water partition coefficient (Wildman–Crippen LogP) is 3.00. The van der Waals surface area contributed by atoms with Crippen molar-refractivity contribution in [3.8, 4) is 11.8 Å². The molecule has 0 radical (unpaired) electrons. The van der Waals surface area contributed by atoms with Gasteiger partial charge in [-0.05, 0) is 50.5 Å². The van der Waals surface area contributed by atoms with Gasteiger partial charge in [0, 0.05) is 5.69 Å². The van der Waals surface area contributed by atoms with E-state index in [1.165, 1.54) is 12.1 Å². The molecular formula is C19H18FN3O3. The number of esters is 1. The first-order valence-corrected chi connectivity index (χ1v) is 8.26. The van der Waals surface area contributed by atoms with E-state index in [0.29, 0.717) is 16.9 Å². The molecule has 6 nitrogen and oxygen atoms in total. The third-order valence-electron chi connectivity index (χ3n) is 4.41. The van der Waals surface area contributed by atoms with Gasteiger partial charge in [-0.2, -0.15) is 5.26 Å². The number of hydrogen-bond acceptors (Lipinski definition) is 4. The number of ether oxygens (including phenoxy) is 1. The molecule has 1 heterocycles. The van der Waals surface area contributed by atoms with Gasteiger partial charge >= 0.3 is 5.97 Å².